The Labute approximate surface area is 245 Å². The third-order valence-electron chi connectivity index (χ3n) is 7.34. The van der Waals surface area contributed by atoms with E-state index < -0.39 is 0 Å². The van der Waals surface area contributed by atoms with Gasteiger partial charge in [-0.05, 0) is 38.5 Å². The summed E-state index contributed by atoms with van der Waals surface area (Å²) in [5, 5.41) is 18.1. The fraction of sp³-hybridized carbons (Fsp3) is 0.900. The van der Waals surface area contributed by atoms with Crippen molar-refractivity contribution in [1.29, 1.82) is 0 Å². The van der Waals surface area contributed by atoms with Gasteiger partial charge in [-0.2, -0.15) is 0 Å². The largest absolute Gasteiger partial charge is 0.337 e. The lowest BCUT2D eigenvalue weighted by molar-refractivity contribution is 0.223. The molecule has 3 atom stereocenters. The van der Waals surface area contributed by atoms with Crippen LogP contribution in [0.2, 0.25) is 0 Å². The zero-order valence-electron chi connectivity index (χ0n) is 26.6. The Hall–Kier alpha value is -2.23. The second kappa shape index (κ2) is 25.7. The molecule has 236 valence electrons. The van der Waals surface area contributed by atoms with E-state index in [2.05, 4.69) is 78.3 Å². The van der Waals surface area contributed by atoms with Crippen LogP contribution in [0.15, 0.2) is 0 Å². The highest BCUT2D eigenvalue weighted by atomic mass is 16.2. The third kappa shape index (κ3) is 20.6. The summed E-state index contributed by atoms with van der Waals surface area (Å²) in [4.78, 5) is 39.4. The first-order valence-corrected chi connectivity index (χ1v) is 16.2. The number of carbonyl (C=O) groups is 3. The van der Waals surface area contributed by atoms with Crippen molar-refractivity contribution in [3.05, 3.63) is 0 Å². The van der Waals surface area contributed by atoms with E-state index in [1.165, 1.54) is 0 Å². The lowest BCUT2D eigenvalue weighted by Crippen LogP contribution is -2.48. The molecular formula is C30H63N7O3. The molecule has 0 saturated heterocycles. The summed E-state index contributed by atoms with van der Waals surface area (Å²) < 4.78 is 0. The number of amides is 6. The van der Waals surface area contributed by atoms with E-state index in [1.807, 2.05) is 0 Å². The van der Waals surface area contributed by atoms with Crippen molar-refractivity contribution in [1.82, 2.24) is 36.8 Å². The van der Waals surface area contributed by atoms with E-state index >= 15 is 0 Å². The Balaban J connectivity index is 4.75. The van der Waals surface area contributed by atoms with Crippen LogP contribution < -0.4 is 31.9 Å². The Morgan fingerprint density at radius 2 is 0.775 bits per heavy atom. The van der Waals surface area contributed by atoms with Crippen molar-refractivity contribution in [2.24, 2.45) is 0 Å². The monoisotopic (exact) mass is 569 g/mol. The van der Waals surface area contributed by atoms with Crippen LogP contribution >= 0.6 is 0 Å². The SMILES string of the molecule is CCCCC(CC)NC(=O)NCCN(CCNC(=O)NC(CC)CCCC)CCNC(=O)NC(CC)CCCC. The second-order valence-corrected chi connectivity index (χ2v) is 10.8. The van der Waals surface area contributed by atoms with Gasteiger partial charge in [-0.3, -0.25) is 4.90 Å². The van der Waals surface area contributed by atoms with Gasteiger partial charge in [-0.15, -0.1) is 0 Å². The van der Waals surface area contributed by atoms with Gasteiger partial charge in [-0.25, -0.2) is 14.4 Å². The summed E-state index contributed by atoms with van der Waals surface area (Å²) in [6.07, 6.45) is 12.3. The number of nitrogens with zero attached hydrogens (tertiary/aromatic N) is 1. The summed E-state index contributed by atoms with van der Waals surface area (Å²) in [5.41, 5.74) is 0. The molecule has 0 aliphatic rings. The topological polar surface area (TPSA) is 127 Å². The molecule has 6 amide bonds. The van der Waals surface area contributed by atoms with Gasteiger partial charge in [-0.1, -0.05) is 80.1 Å². The standard InChI is InChI=1S/C30H63N7O3/c1-7-13-16-25(10-4)34-28(38)31-19-22-37(23-20-32-29(39)35-26(11-5)17-14-8-2)24-21-33-30(40)36-27(12-6)18-15-9-3/h25-27H,7-24H2,1-6H3,(H2,31,34,38)(H2,32,35,39)(H2,33,36,40). The van der Waals surface area contributed by atoms with E-state index in [4.69, 9.17) is 0 Å². The minimum absolute atomic E-state index is 0.145. The summed E-state index contributed by atoms with van der Waals surface area (Å²) >= 11 is 0. The van der Waals surface area contributed by atoms with E-state index in [9.17, 15) is 14.4 Å². The molecule has 0 fully saturated rings. The third-order valence-corrected chi connectivity index (χ3v) is 7.34. The highest BCUT2D eigenvalue weighted by molar-refractivity contribution is 5.75. The Morgan fingerprint density at radius 1 is 0.500 bits per heavy atom. The van der Waals surface area contributed by atoms with Crippen molar-refractivity contribution in [3.63, 3.8) is 0 Å². The number of hydrogen-bond donors (Lipinski definition) is 6. The molecular weight excluding hydrogens is 506 g/mol. The molecule has 0 saturated carbocycles. The van der Waals surface area contributed by atoms with Crippen LogP contribution in [0.3, 0.4) is 0 Å². The lowest BCUT2D eigenvalue weighted by atomic mass is 10.1. The molecule has 0 aliphatic carbocycles. The van der Waals surface area contributed by atoms with Gasteiger partial charge in [0.25, 0.3) is 0 Å². The number of rotatable bonds is 24. The van der Waals surface area contributed by atoms with Crippen molar-refractivity contribution in [3.8, 4) is 0 Å². The van der Waals surface area contributed by atoms with E-state index in [0.717, 1.165) is 77.0 Å². The van der Waals surface area contributed by atoms with Gasteiger partial charge >= 0.3 is 18.1 Å². The maximum absolute atomic E-state index is 12.4. The molecule has 10 nitrogen and oxygen atoms in total. The second-order valence-electron chi connectivity index (χ2n) is 10.8. The lowest BCUT2D eigenvalue weighted by Gasteiger charge is -2.24. The van der Waals surface area contributed by atoms with Crippen LogP contribution in [-0.4, -0.2) is 80.4 Å². The van der Waals surface area contributed by atoms with Crippen LogP contribution in [0, 0.1) is 0 Å². The normalized spacial score (nSPS) is 13.3. The molecule has 0 radical (unpaired) electrons. The molecule has 3 unspecified atom stereocenters. The first kappa shape index (κ1) is 37.8. The molecule has 10 heteroatoms. The van der Waals surface area contributed by atoms with E-state index in [0.29, 0.717) is 39.3 Å². The van der Waals surface area contributed by atoms with Gasteiger partial charge in [0.15, 0.2) is 0 Å². The summed E-state index contributed by atoms with van der Waals surface area (Å²) in [5.74, 6) is 0. The number of nitrogens with one attached hydrogen (secondary N) is 6. The summed E-state index contributed by atoms with van der Waals surface area (Å²) in [7, 11) is 0. The molecule has 0 bridgehead atoms. The Kier molecular flexibility index (Phi) is 24.3. The molecule has 0 aromatic carbocycles. The van der Waals surface area contributed by atoms with Crippen molar-refractivity contribution in [2.75, 3.05) is 39.3 Å². The maximum Gasteiger partial charge on any atom is 0.315 e. The van der Waals surface area contributed by atoms with Gasteiger partial charge < -0.3 is 31.9 Å². The van der Waals surface area contributed by atoms with Crippen LogP contribution in [0.4, 0.5) is 14.4 Å². The average Bonchev–Trinajstić information content (AvgIpc) is 2.94. The van der Waals surface area contributed by atoms with Crippen LogP contribution in [0.1, 0.15) is 119 Å². The summed E-state index contributed by atoms with van der Waals surface area (Å²) in [6.45, 7) is 16.0. The first-order valence-electron chi connectivity index (χ1n) is 16.2. The maximum atomic E-state index is 12.4. The Bertz CT molecular complexity index is 565. The fourth-order valence-corrected chi connectivity index (χ4v) is 4.51. The Morgan fingerprint density at radius 3 is 1.00 bits per heavy atom. The van der Waals surface area contributed by atoms with Gasteiger partial charge in [0, 0.05) is 57.4 Å². The van der Waals surface area contributed by atoms with E-state index in [-0.39, 0.29) is 36.2 Å². The first-order chi connectivity index (χ1) is 19.3. The smallest absolute Gasteiger partial charge is 0.315 e. The molecule has 40 heavy (non-hydrogen) atoms. The molecule has 0 heterocycles. The number of carbonyl (C=O) groups excluding carboxylic acids is 3. The molecule has 0 aromatic rings. The zero-order valence-corrected chi connectivity index (χ0v) is 26.6. The molecule has 0 aliphatic heterocycles. The van der Waals surface area contributed by atoms with Gasteiger partial charge in [0.05, 0.1) is 0 Å². The van der Waals surface area contributed by atoms with Crippen molar-refractivity contribution < 1.29 is 14.4 Å². The number of unbranched alkanes of at least 4 members (excludes halogenated alkanes) is 3. The predicted octanol–water partition coefficient (Wildman–Crippen LogP) is 5.09. The molecule has 0 rings (SSSR count). The van der Waals surface area contributed by atoms with Crippen LogP contribution in [0.25, 0.3) is 0 Å². The van der Waals surface area contributed by atoms with Crippen molar-refractivity contribution >= 4 is 18.1 Å². The minimum Gasteiger partial charge on any atom is -0.337 e. The highest BCUT2D eigenvalue weighted by Gasteiger charge is 2.14. The van der Waals surface area contributed by atoms with Gasteiger partial charge in [0.2, 0.25) is 0 Å². The van der Waals surface area contributed by atoms with E-state index in [1.54, 1.807) is 0 Å². The zero-order chi connectivity index (χ0) is 30.0. The van der Waals surface area contributed by atoms with Crippen LogP contribution in [-0.2, 0) is 0 Å². The fourth-order valence-electron chi connectivity index (χ4n) is 4.51. The number of urea groups is 3. The highest BCUT2D eigenvalue weighted by Crippen LogP contribution is 2.05. The summed E-state index contributed by atoms with van der Waals surface area (Å²) in [6, 6.07) is 0.134. The predicted molar refractivity (Wildman–Crippen MR) is 167 cm³/mol. The molecule has 6 N–H and O–H groups in total. The minimum atomic E-state index is -0.145. The molecule has 0 spiro atoms. The number of hydrogen-bond acceptors (Lipinski definition) is 4. The average molecular weight is 570 g/mol. The van der Waals surface area contributed by atoms with Gasteiger partial charge in [0.1, 0.15) is 0 Å². The van der Waals surface area contributed by atoms with Crippen molar-refractivity contribution in [2.45, 2.75) is 137 Å². The molecule has 0 aromatic heterocycles. The van der Waals surface area contributed by atoms with Crippen LogP contribution in [0.5, 0.6) is 0 Å². The quantitative estimate of drug-likeness (QED) is 0.0968.